The number of rotatable bonds is 4. The molecule has 0 aliphatic carbocycles. The Hall–Kier alpha value is -4.62. The van der Waals surface area contributed by atoms with Crippen LogP contribution in [-0.4, -0.2) is 72.9 Å². The van der Waals surface area contributed by atoms with E-state index in [0.717, 1.165) is 5.39 Å². The molecule has 9 nitrogen and oxygen atoms in total. The van der Waals surface area contributed by atoms with Crippen molar-refractivity contribution in [1.29, 1.82) is 0 Å². The van der Waals surface area contributed by atoms with E-state index < -0.39 is 30.6 Å². The Morgan fingerprint density at radius 1 is 1.05 bits per heavy atom. The maximum absolute atomic E-state index is 14.6. The number of likely N-dealkylation sites (tertiary alicyclic amines) is 1. The van der Waals surface area contributed by atoms with Gasteiger partial charge in [-0.3, -0.25) is 4.79 Å². The van der Waals surface area contributed by atoms with E-state index in [2.05, 4.69) is 15.1 Å². The lowest BCUT2D eigenvalue weighted by Crippen LogP contribution is -2.55. The average molecular weight is 549 g/mol. The number of aliphatic carboxylic acids is 1. The lowest BCUT2D eigenvalue weighted by atomic mass is 10.0. The quantitative estimate of drug-likeness (QED) is 0.376. The summed E-state index contributed by atoms with van der Waals surface area (Å²) >= 11 is 0. The van der Waals surface area contributed by atoms with E-state index in [1.807, 2.05) is 18.2 Å². The molecule has 1 saturated heterocycles. The van der Waals surface area contributed by atoms with E-state index >= 15 is 0 Å². The van der Waals surface area contributed by atoms with Crippen molar-refractivity contribution in [3.05, 3.63) is 78.9 Å². The number of fused-ring (bicyclic) bond motifs is 1. The van der Waals surface area contributed by atoms with Gasteiger partial charge < -0.3 is 14.7 Å². The van der Waals surface area contributed by atoms with Gasteiger partial charge in [-0.2, -0.15) is 18.3 Å². The van der Waals surface area contributed by atoms with Crippen LogP contribution in [0.25, 0.3) is 16.6 Å². The first-order valence-corrected chi connectivity index (χ1v) is 11.4. The van der Waals surface area contributed by atoms with E-state index in [9.17, 15) is 26.7 Å². The zero-order chi connectivity index (χ0) is 28.2. The van der Waals surface area contributed by atoms with E-state index in [4.69, 9.17) is 14.6 Å². The molecule has 1 aliphatic rings. The first-order valence-electron chi connectivity index (χ1n) is 11.4. The van der Waals surface area contributed by atoms with E-state index in [-0.39, 0.29) is 24.9 Å². The molecule has 204 valence electrons. The van der Waals surface area contributed by atoms with Crippen molar-refractivity contribution in [1.82, 2.24) is 24.6 Å². The summed E-state index contributed by atoms with van der Waals surface area (Å²) in [6, 6.07) is 17.5. The summed E-state index contributed by atoms with van der Waals surface area (Å²) in [5.74, 6) is -6.07. The number of hydrogen-bond acceptors (Lipinski definition) is 6. The molecule has 39 heavy (non-hydrogen) atoms. The van der Waals surface area contributed by atoms with Gasteiger partial charge in [0, 0.05) is 30.0 Å². The van der Waals surface area contributed by atoms with Crippen LogP contribution in [0.5, 0.6) is 5.88 Å². The van der Waals surface area contributed by atoms with Gasteiger partial charge in [0.1, 0.15) is 12.7 Å². The number of carbonyl (C=O) groups is 2. The number of aromatic nitrogens is 4. The zero-order valence-electron chi connectivity index (χ0n) is 19.9. The fourth-order valence-electron chi connectivity index (χ4n) is 3.74. The van der Waals surface area contributed by atoms with Gasteiger partial charge in [0.2, 0.25) is 5.88 Å². The molecule has 0 saturated carbocycles. The Kier molecular flexibility index (Phi) is 7.74. The molecular formula is C25H20F5N5O4. The monoisotopic (exact) mass is 549 g/mol. The van der Waals surface area contributed by atoms with Crippen molar-refractivity contribution in [2.75, 3.05) is 13.1 Å². The van der Waals surface area contributed by atoms with E-state index in [1.165, 1.54) is 22.2 Å². The summed E-state index contributed by atoms with van der Waals surface area (Å²) in [7, 11) is 0. The third kappa shape index (κ3) is 6.64. The molecule has 0 bridgehead atoms. The molecule has 2 aromatic carbocycles. The number of carboxylic acid groups (broad SMARTS) is 1. The van der Waals surface area contributed by atoms with Gasteiger partial charge in [0.05, 0.1) is 17.7 Å². The van der Waals surface area contributed by atoms with Gasteiger partial charge in [0.15, 0.2) is 6.10 Å². The molecular weight excluding hydrogens is 529 g/mol. The van der Waals surface area contributed by atoms with Crippen molar-refractivity contribution in [3.8, 4) is 11.6 Å². The molecule has 1 unspecified atom stereocenters. The number of nitrogens with zero attached hydrogens (tertiary/aromatic N) is 5. The van der Waals surface area contributed by atoms with Crippen molar-refractivity contribution in [2.45, 2.75) is 24.6 Å². The molecule has 3 heterocycles. The number of carbonyl (C=O) groups excluding carboxylic acids is 1. The van der Waals surface area contributed by atoms with Gasteiger partial charge in [-0.05, 0) is 30.3 Å². The lowest BCUT2D eigenvalue weighted by molar-refractivity contribution is -0.192. The van der Waals surface area contributed by atoms with Crippen molar-refractivity contribution >= 4 is 22.8 Å². The van der Waals surface area contributed by atoms with Gasteiger partial charge >= 0.3 is 12.1 Å². The Balaban J connectivity index is 0.000000448. The highest BCUT2D eigenvalue weighted by atomic mass is 19.4. The minimum absolute atomic E-state index is 0.0651. The molecule has 1 atom stereocenters. The minimum atomic E-state index is -5.08. The van der Waals surface area contributed by atoms with Crippen molar-refractivity contribution in [2.24, 2.45) is 0 Å². The van der Waals surface area contributed by atoms with Crippen molar-refractivity contribution < 1.29 is 41.4 Å². The topological polar surface area (TPSA) is 110 Å². The highest BCUT2D eigenvalue weighted by Gasteiger charge is 2.47. The summed E-state index contributed by atoms with van der Waals surface area (Å²) in [6.45, 7) is -0.307. The minimum Gasteiger partial charge on any atom is -0.475 e. The van der Waals surface area contributed by atoms with E-state index in [1.54, 1.807) is 42.5 Å². The predicted octanol–water partition coefficient (Wildman–Crippen LogP) is 4.38. The number of pyridine rings is 1. The fourth-order valence-corrected chi connectivity index (χ4v) is 3.74. The van der Waals surface area contributed by atoms with Gasteiger partial charge in [-0.1, -0.05) is 24.3 Å². The molecule has 1 N–H and O–H groups in total. The standard InChI is InChI=1S/C23H19F2N5O2.C2HF3O2/c24-23(25)10-11-29(22(31)17-5-3-6-18(12-17)30-15-26-14-27-30)13-20(23)32-21-9-8-16-4-1-2-7-19(16)28-21;3-2(4,5)1(6)7/h1-9,12,14-15,20H,10-11,13H2;(H,6,7). The molecule has 1 fully saturated rings. The summed E-state index contributed by atoms with van der Waals surface area (Å²) in [5.41, 5.74) is 1.69. The smallest absolute Gasteiger partial charge is 0.475 e. The molecule has 0 radical (unpaired) electrons. The molecule has 0 spiro atoms. The first kappa shape index (κ1) is 27.4. The third-order valence-electron chi connectivity index (χ3n) is 5.71. The second-order valence-corrected chi connectivity index (χ2v) is 8.40. The maximum Gasteiger partial charge on any atom is 0.490 e. The second kappa shape index (κ2) is 11.0. The maximum atomic E-state index is 14.6. The van der Waals surface area contributed by atoms with Crippen LogP contribution in [0.15, 0.2) is 73.3 Å². The highest BCUT2D eigenvalue weighted by molar-refractivity contribution is 5.95. The highest BCUT2D eigenvalue weighted by Crippen LogP contribution is 2.32. The second-order valence-electron chi connectivity index (χ2n) is 8.40. The van der Waals surface area contributed by atoms with Gasteiger partial charge in [0.25, 0.3) is 11.8 Å². The van der Waals surface area contributed by atoms with Gasteiger partial charge in [-0.25, -0.2) is 28.2 Å². The Morgan fingerprint density at radius 2 is 1.79 bits per heavy atom. The Labute approximate surface area is 217 Å². The molecule has 2 aromatic heterocycles. The van der Waals surface area contributed by atoms with Crippen LogP contribution < -0.4 is 4.74 Å². The summed E-state index contributed by atoms with van der Waals surface area (Å²) in [6.07, 6.45) is -4.15. The zero-order valence-corrected chi connectivity index (χ0v) is 19.9. The van der Waals surface area contributed by atoms with Crippen LogP contribution in [0.3, 0.4) is 0 Å². The lowest BCUT2D eigenvalue weighted by Gasteiger charge is -2.38. The number of carboxylic acids is 1. The van der Waals surface area contributed by atoms with Crippen molar-refractivity contribution in [3.63, 3.8) is 0 Å². The number of benzene rings is 2. The van der Waals surface area contributed by atoms with Crippen LogP contribution in [-0.2, 0) is 4.79 Å². The largest absolute Gasteiger partial charge is 0.490 e. The molecule has 1 amide bonds. The summed E-state index contributed by atoms with van der Waals surface area (Å²) in [4.78, 5) is 31.6. The number of para-hydroxylation sites is 1. The third-order valence-corrected chi connectivity index (χ3v) is 5.71. The number of amides is 1. The molecule has 5 rings (SSSR count). The van der Waals surface area contributed by atoms with Crippen LogP contribution in [0.2, 0.25) is 0 Å². The first-order chi connectivity index (χ1) is 18.4. The van der Waals surface area contributed by atoms with E-state index in [0.29, 0.717) is 16.8 Å². The SMILES string of the molecule is O=C(O)C(F)(F)F.O=C(c1cccc(-n2cncn2)c1)N1CCC(F)(F)C(Oc2ccc3ccccc3n2)C1. The van der Waals surface area contributed by atoms with Crippen LogP contribution >= 0.6 is 0 Å². The normalized spacial score (nSPS) is 16.7. The number of halogens is 5. The molecule has 4 aromatic rings. The number of ether oxygens (including phenoxy) is 1. The predicted molar refractivity (Wildman–Crippen MR) is 127 cm³/mol. The number of hydrogen-bond donors (Lipinski definition) is 1. The summed E-state index contributed by atoms with van der Waals surface area (Å²) < 4.78 is 68.2. The van der Waals surface area contributed by atoms with Crippen LogP contribution in [0.4, 0.5) is 22.0 Å². The number of alkyl halides is 5. The Bertz CT molecular complexity index is 1460. The molecule has 14 heteroatoms. The fraction of sp³-hybridized carbons (Fsp3) is 0.240. The molecule has 1 aliphatic heterocycles. The van der Waals surface area contributed by atoms with Crippen LogP contribution in [0, 0.1) is 0 Å². The summed E-state index contributed by atoms with van der Waals surface area (Å²) in [5, 5.41) is 12.1. The van der Waals surface area contributed by atoms with Gasteiger partial charge in [-0.15, -0.1) is 0 Å². The Morgan fingerprint density at radius 3 is 2.49 bits per heavy atom. The number of piperidine rings is 1. The average Bonchev–Trinajstić information content (AvgIpc) is 3.45. The van der Waals surface area contributed by atoms with Crippen LogP contribution in [0.1, 0.15) is 16.8 Å².